The van der Waals surface area contributed by atoms with Crippen molar-refractivity contribution in [3.05, 3.63) is 55.7 Å². The molecule has 20 heavy (non-hydrogen) atoms. The Morgan fingerprint density at radius 3 is 2.65 bits per heavy atom. The SMILES string of the molecule is COC(=O)Cc1ccc(C(=O)c2ccc(C)c(Br)c2)s1. The van der Waals surface area contributed by atoms with Crippen LogP contribution < -0.4 is 0 Å². The first kappa shape index (κ1) is 14.9. The van der Waals surface area contributed by atoms with Crippen molar-refractivity contribution in [2.75, 3.05) is 7.11 Å². The van der Waals surface area contributed by atoms with Gasteiger partial charge in [0.25, 0.3) is 0 Å². The number of rotatable bonds is 4. The summed E-state index contributed by atoms with van der Waals surface area (Å²) in [4.78, 5) is 25.0. The molecule has 5 heteroatoms. The van der Waals surface area contributed by atoms with Crippen molar-refractivity contribution in [1.82, 2.24) is 0 Å². The summed E-state index contributed by atoms with van der Waals surface area (Å²) in [5.41, 5.74) is 1.72. The smallest absolute Gasteiger partial charge is 0.310 e. The molecule has 0 bridgehead atoms. The van der Waals surface area contributed by atoms with Gasteiger partial charge < -0.3 is 4.74 Å². The van der Waals surface area contributed by atoms with Crippen LogP contribution in [0.1, 0.15) is 25.7 Å². The van der Waals surface area contributed by atoms with E-state index in [1.807, 2.05) is 25.1 Å². The highest BCUT2D eigenvalue weighted by Gasteiger charge is 2.14. The highest BCUT2D eigenvalue weighted by molar-refractivity contribution is 9.10. The van der Waals surface area contributed by atoms with Crippen LogP contribution in [0.4, 0.5) is 0 Å². The monoisotopic (exact) mass is 352 g/mol. The maximum atomic E-state index is 12.4. The van der Waals surface area contributed by atoms with E-state index >= 15 is 0 Å². The number of carbonyl (C=O) groups excluding carboxylic acids is 2. The first-order valence-electron chi connectivity index (χ1n) is 5.97. The number of hydrogen-bond donors (Lipinski definition) is 0. The van der Waals surface area contributed by atoms with Gasteiger partial charge in [-0.15, -0.1) is 11.3 Å². The van der Waals surface area contributed by atoms with Crippen LogP contribution in [-0.2, 0) is 16.0 Å². The summed E-state index contributed by atoms with van der Waals surface area (Å²) in [6, 6.07) is 9.07. The summed E-state index contributed by atoms with van der Waals surface area (Å²) in [6.45, 7) is 1.97. The molecule has 0 aliphatic heterocycles. The van der Waals surface area contributed by atoms with Gasteiger partial charge in [0.2, 0.25) is 5.78 Å². The standard InChI is InChI=1S/C15H13BrO3S/c1-9-3-4-10(7-12(9)16)15(18)13-6-5-11(20-13)8-14(17)19-2/h3-7H,8H2,1-2H3. The Balaban J connectivity index is 2.21. The predicted molar refractivity (Wildman–Crippen MR) is 82.4 cm³/mol. The van der Waals surface area contributed by atoms with E-state index in [1.54, 1.807) is 12.1 Å². The lowest BCUT2D eigenvalue weighted by molar-refractivity contribution is -0.139. The number of halogens is 1. The number of ether oxygens (including phenoxy) is 1. The molecule has 1 heterocycles. The topological polar surface area (TPSA) is 43.4 Å². The van der Waals surface area contributed by atoms with E-state index in [9.17, 15) is 9.59 Å². The fourth-order valence-electron chi connectivity index (χ4n) is 1.69. The van der Waals surface area contributed by atoms with Crippen molar-refractivity contribution in [1.29, 1.82) is 0 Å². The van der Waals surface area contributed by atoms with Crippen molar-refractivity contribution in [3.8, 4) is 0 Å². The van der Waals surface area contributed by atoms with Gasteiger partial charge in [0, 0.05) is 14.9 Å². The normalized spacial score (nSPS) is 10.3. The van der Waals surface area contributed by atoms with Crippen LogP contribution in [0, 0.1) is 6.92 Å². The zero-order chi connectivity index (χ0) is 14.7. The van der Waals surface area contributed by atoms with Gasteiger partial charge in [-0.2, -0.15) is 0 Å². The first-order valence-corrected chi connectivity index (χ1v) is 7.58. The number of ketones is 1. The maximum Gasteiger partial charge on any atom is 0.310 e. The second kappa shape index (κ2) is 6.33. The van der Waals surface area contributed by atoms with Crippen molar-refractivity contribution in [3.63, 3.8) is 0 Å². The van der Waals surface area contributed by atoms with Crippen LogP contribution in [0.2, 0.25) is 0 Å². The third kappa shape index (κ3) is 3.35. The van der Waals surface area contributed by atoms with Crippen LogP contribution >= 0.6 is 27.3 Å². The van der Waals surface area contributed by atoms with Gasteiger partial charge in [-0.25, -0.2) is 0 Å². The summed E-state index contributed by atoms with van der Waals surface area (Å²) in [5.74, 6) is -0.337. The third-order valence-corrected chi connectivity index (χ3v) is 4.80. The van der Waals surface area contributed by atoms with Gasteiger partial charge >= 0.3 is 5.97 Å². The second-order valence-electron chi connectivity index (χ2n) is 4.31. The van der Waals surface area contributed by atoms with Crippen LogP contribution in [0.3, 0.4) is 0 Å². The Morgan fingerprint density at radius 1 is 1.25 bits per heavy atom. The molecule has 3 nitrogen and oxygen atoms in total. The van der Waals surface area contributed by atoms with Crippen LogP contribution in [0.25, 0.3) is 0 Å². The van der Waals surface area contributed by atoms with Gasteiger partial charge in [0.15, 0.2) is 0 Å². The Kier molecular flexibility index (Phi) is 4.73. The lowest BCUT2D eigenvalue weighted by Crippen LogP contribution is -2.02. The van der Waals surface area contributed by atoms with Gasteiger partial charge in [-0.05, 0) is 30.7 Å². The molecule has 0 spiro atoms. The van der Waals surface area contributed by atoms with E-state index in [-0.39, 0.29) is 18.2 Å². The number of esters is 1. The Bertz CT molecular complexity index is 661. The molecule has 0 amide bonds. The molecule has 0 fully saturated rings. The Morgan fingerprint density at radius 2 is 2.00 bits per heavy atom. The average molecular weight is 353 g/mol. The molecule has 2 rings (SSSR count). The van der Waals surface area contributed by atoms with E-state index in [2.05, 4.69) is 20.7 Å². The number of methoxy groups -OCH3 is 1. The second-order valence-corrected chi connectivity index (χ2v) is 6.33. The molecule has 1 aromatic heterocycles. The molecule has 1 aromatic carbocycles. The van der Waals surface area contributed by atoms with Crippen molar-refractivity contribution in [2.45, 2.75) is 13.3 Å². The van der Waals surface area contributed by atoms with E-state index in [0.717, 1.165) is 14.9 Å². The van der Waals surface area contributed by atoms with Gasteiger partial charge in [-0.3, -0.25) is 9.59 Å². The van der Waals surface area contributed by atoms with E-state index in [4.69, 9.17) is 0 Å². The molecule has 0 saturated carbocycles. The van der Waals surface area contributed by atoms with Crippen LogP contribution in [0.15, 0.2) is 34.8 Å². The minimum Gasteiger partial charge on any atom is -0.469 e. The van der Waals surface area contributed by atoms with Crippen molar-refractivity contribution in [2.24, 2.45) is 0 Å². The third-order valence-electron chi connectivity index (χ3n) is 2.87. The molecule has 2 aromatic rings. The van der Waals surface area contributed by atoms with Crippen LogP contribution in [0.5, 0.6) is 0 Å². The van der Waals surface area contributed by atoms with Crippen molar-refractivity contribution >= 4 is 39.0 Å². The Hall–Kier alpha value is -1.46. The predicted octanol–water partition coefficient (Wildman–Crippen LogP) is 3.77. The molecular formula is C15H13BrO3S. The van der Waals surface area contributed by atoms with E-state index in [1.165, 1.54) is 18.4 Å². The molecule has 104 valence electrons. The number of hydrogen-bond acceptors (Lipinski definition) is 4. The molecule has 0 aliphatic carbocycles. The zero-order valence-corrected chi connectivity index (χ0v) is 13.5. The molecule has 0 N–H and O–H groups in total. The zero-order valence-electron chi connectivity index (χ0n) is 11.1. The molecule has 0 aliphatic rings. The quantitative estimate of drug-likeness (QED) is 0.621. The highest BCUT2D eigenvalue weighted by Crippen LogP contribution is 2.24. The molecule has 0 atom stereocenters. The van der Waals surface area contributed by atoms with E-state index in [0.29, 0.717) is 10.4 Å². The summed E-state index contributed by atoms with van der Waals surface area (Å²) >= 11 is 4.75. The molecule has 0 radical (unpaired) electrons. The number of benzene rings is 1. The summed E-state index contributed by atoms with van der Waals surface area (Å²) < 4.78 is 5.53. The lowest BCUT2D eigenvalue weighted by atomic mass is 10.1. The average Bonchev–Trinajstić information content (AvgIpc) is 2.89. The number of aryl methyl sites for hydroxylation is 1. The fourth-order valence-corrected chi connectivity index (χ4v) is 3.02. The maximum absolute atomic E-state index is 12.4. The van der Waals surface area contributed by atoms with Gasteiger partial charge in [-0.1, -0.05) is 28.1 Å². The summed E-state index contributed by atoms with van der Waals surface area (Å²) in [6.07, 6.45) is 0.200. The van der Waals surface area contributed by atoms with Crippen LogP contribution in [-0.4, -0.2) is 18.9 Å². The minimum absolute atomic E-state index is 0.0354. The summed E-state index contributed by atoms with van der Waals surface area (Å²) in [5, 5.41) is 0. The van der Waals surface area contributed by atoms with Gasteiger partial charge in [0.1, 0.15) is 0 Å². The number of thiophene rings is 1. The van der Waals surface area contributed by atoms with Crippen molar-refractivity contribution < 1.29 is 14.3 Å². The van der Waals surface area contributed by atoms with E-state index < -0.39 is 0 Å². The molecule has 0 saturated heterocycles. The lowest BCUT2D eigenvalue weighted by Gasteiger charge is -2.02. The number of carbonyl (C=O) groups is 2. The highest BCUT2D eigenvalue weighted by atomic mass is 79.9. The minimum atomic E-state index is -0.302. The fraction of sp³-hybridized carbons (Fsp3) is 0.200. The Labute approximate surface area is 129 Å². The first-order chi connectivity index (χ1) is 9.51. The largest absolute Gasteiger partial charge is 0.469 e. The summed E-state index contributed by atoms with van der Waals surface area (Å²) in [7, 11) is 1.35. The van der Waals surface area contributed by atoms with Gasteiger partial charge in [0.05, 0.1) is 18.4 Å². The molecular weight excluding hydrogens is 340 g/mol. The molecule has 0 unspecified atom stereocenters.